The summed E-state index contributed by atoms with van der Waals surface area (Å²) in [7, 11) is 0. The van der Waals surface area contributed by atoms with Crippen molar-refractivity contribution in [2.75, 3.05) is 6.61 Å². The molecule has 0 aliphatic heterocycles. The van der Waals surface area contributed by atoms with Gasteiger partial charge in [0.25, 0.3) is 0 Å². The van der Waals surface area contributed by atoms with Crippen LogP contribution >= 0.6 is 12.2 Å². The molecule has 3 nitrogen and oxygen atoms in total. The van der Waals surface area contributed by atoms with Crippen LogP contribution in [0, 0.1) is 0 Å². The fourth-order valence-corrected chi connectivity index (χ4v) is 1.46. The van der Waals surface area contributed by atoms with E-state index in [0.29, 0.717) is 12.4 Å². The number of para-hydroxylation sites is 1. The number of aromatic hydroxyl groups is 1. The highest BCUT2D eigenvalue weighted by atomic mass is 32.2. The Morgan fingerprint density at radius 3 is 2.79 bits per heavy atom. The van der Waals surface area contributed by atoms with Gasteiger partial charge in [0.05, 0.1) is 18.8 Å². The molecule has 1 aromatic carbocycles. The molecule has 1 aromatic rings. The van der Waals surface area contributed by atoms with Crippen LogP contribution < -0.4 is 5.14 Å². The van der Waals surface area contributed by atoms with E-state index in [9.17, 15) is 5.11 Å². The molecular formula is C10H15NO2S. The number of rotatable bonds is 6. The Balaban J connectivity index is 2.21. The molecule has 0 aliphatic rings. The monoisotopic (exact) mass is 213 g/mol. The lowest BCUT2D eigenvalue weighted by Crippen LogP contribution is -1.92. The lowest BCUT2D eigenvalue weighted by Gasteiger charge is -2.03. The van der Waals surface area contributed by atoms with Crippen molar-refractivity contribution in [3.8, 4) is 5.75 Å². The lowest BCUT2D eigenvalue weighted by atomic mass is 10.1. The Morgan fingerprint density at radius 2 is 2.07 bits per heavy atom. The third-order valence-corrected chi connectivity index (χ3v) is 2.29. The largest absolute Gasteiger partial charge is 0.508 e. The van der Waals surface area contributed by atoms with E-state index in [4.69, 9.17) is 9.32 Å². The molecule has 0 unspecified atom stereocenters. The molecule has 78 valence electrons. The molecule has 0 fully saturated rings. The predicted molar refractivity (Wildman–Crippen MR) is 58.8 cm³/mol. The van der Waals surface area contributed by atoms with Gasteiger partial charge in [-0.25, -0.2) is 0 Å². The highest BCUT2D eigenvalue weighted by molar-refractivity contribution is 7.92. The van der Waals surface area contributed by atoms with Gasteiger partial charge in [-0.15, -0.1) is 0 Å². The zero-order chi connectivity index (χ0) is 10.2. The van der Waals surface area contributed by atoms with Crippen molar-refractivity contribution >= 4 is 12.2 Å². The zero-order valence-electron chi connectivity index (χ0n) is 7.98. The zero-order valence-corrected chi connectivity index (χ0v) is 8.80. The van der Waals surface area contributed by atoms with E-state index in [-0.39, 0.29) is 0 Å². The van der Waals surface area contributed by atoms with Crippen LogP contribution in [0.15, 0.2) is 24.3 Å². The van der Waals surface area contributed by atoms with Gasteiger partial charge in [-0.05, 0) is 30.9 Å². The number of nitrogens with two attached hydrogens (primary N) is 1. The molecule has 0 aliphatic carbocycles. The maximum absolute atomic E-state index is 9.46. The Labute approximate surface area is 88.6 Å². The molecule has 0 atom stereocenters. The van der Waals surface area contributed by atoms with Gasteiger partial charge in [-0.3, -0.25) is 5.14 Å². The molecule has 0 bridgehead atoms. The quantitative estimate of drug-likeness (QED) is 0.432. The number of hydrogen-bond acceptors (Lipinski definition) is 4. The summed E-state index contributed by atoms with van der Waals surface area (Å²) in [6, 6.07) is 7.41. The summed E-state index contributed by atoms with van der Waals surface area (Å²) < 4.78 is 4.93. The third kappa shape index (κ3) is 4.00. The standard InChI is InChI=1S/C10H15NO2S/c11-14-13-8-4-3-6-9-5-1-2-7-10(9)12/h1-2,5,7,12H,3-4,6,8,11H2. The van der Waals surface area contributed by atoms with Crippen LogP contribution in [0.3, 0.4) is 0 Å². The lowest BCUT2D eigenvalue weighted by molar-refractivity contribution is 0.358. The van der Waals surface area contributed by atoms with Crippen LogP contribution in [-0.4, -0.2) is 11.7 Å². The Kier molecular flexibility index (Phi) is 5.44. The molecule has 0 amide bonds. The van der Waals surface area contributed by atoms with Crippen LogP contribution in [0.1, 0.15) is 18.4 Å². The van der Waals surface area contributed by atoms with E-state index >= 15 is 0 Å². The number of unbranched alkanes of at least 4 members (excludes halogenated alkanes) is 1. The van der Waals surface area contributed by atoms with E-state index in [0.717, 1.165) is 37.1 Å². The van der Waals surface area contributed by atoms with Gasteiger partial charge >= 0.3 is 0 Å². The van der Waals surface area contributed by atoms with Crippen LogP contribution in [0.2, 0.25) is 0 Å². The first kappa shape index (κ1) is 11.4. The van der Waals surface area contributed by atoms with Gasteiger partial charge < -0.3 is 9.29 Å². The van der Waals surface area contributed by atoms with Gasteiger partial charge in [-0.1, -0.05) is 18.2 Å². The first-order chi connectivity index (χ1) is 6.84. The molecule has 1 rings (SSSR count). The summed E-state index contributed by atoms with van der Waals surface area (Å²) in [6.45, 7) is 0.661. The first-order valence-corrected chi connectivity index (χ1v) is 5.40. The maximum Gasteiger partial charge on any atom is 0.118 e. The highest BCUT2D eigenvalue weighted by Crippen LogP contribution is 2.17. The molecule has 0 saturated carbocycles. The third-order valence-electron chi connectivity index (χ3n) is 1.98. The van der Waals surface area contributed by atoms with Gasteiger partial charge in [0.15, 0.2) is 0 Å². The van der Waals surface area contributed by atoms with Gasteiger partial charge in [-0.2, -0.15) is 0 Å². The fraction of sp³-hybridized carbons (Fsp3) is 0.400. The summed E-state index contributed by atoms with van der Waals surface area (Å²) in [5, 5.41) is 14.6. The Morgan fingerprint density at radius 1 is 1.29 bits per heavy atom. The van der Waals surface area contributed by atoms with Gasteiger partial charge in [0.2, 0.25) is 0 Å². The van der Waals surface area contributed by atoms with Crippen molar-refractivity contribution in [2.24, 2.45) is 5.14 Å². The van der Waals surface area contributed by atoms with Crippen LogP contribution in [0.4, 0.5) is 0 Å². The first-order valence-electron chi connectivity index (χ1n) is 4.60. The molecular weight excluding hydrogens is 198 g/mol. The average Bonchev–Trinajstić information content (AvgIpc) is 2.20. The number of hydrogen-bond donors (Lipinski definition) is 2. The van der Waals surface area contributed by atoms with E-state index in [1.807, 2.05) is 18.2 Å². The Hall–Kier alpha value is -0.710. The maximum atomic E-state index is 9.46. The molecule has 14 heavy (non-hydrogen) atoms. The average molecular weight is 213 g/mol. The normalized spacial score (nSPS) is 10.4. The van der Waals surface area contributed by atoms with E-state index < -0.39 is 0 Å². The second-order valence-electron chi connectivity index (χ2n) is 3.00. The summed E-state index contributed by atoms with van der Waals surface area (Å²) >= 11 is 0.902. The van der Waals surface area contributed by atoms with Crippen molar-refractivity contribution in [1.82, 2.24) is 0 Å². The van der Waals surface area contributed by atoms with E-state index in [1.54, 1.807) is 6.07 Å². The molecule has 0 saturated heterocycles. The van der Waals surface area contributed by atoms with Gasteiger partial charge in [0, 0.05) is 0 Å². The summed E-state index contributed by atoms with van der Waals surface area (Å²) in [4.78, 5) is 0. The summed E-state index contributed by atoms with van der Waals surface area (Å²) in [5.74, 6) is 0.376. The minimum atomic E-state index is 0.376. The fourth-order valence-electron chi connectivity index (χ4n) is 1.25. The van der Waals surface area contributed by atoms with Crippen molar-refractivity contribution < 1.29 is 9.29 Å². The van der Waals surface area contributed by atoms with E-state index in [1.165, 1.54) is 0 Å². The summed E-state index contributed by atoms with van der Waals surface area (Å²) in [5.41, 5.74) is 0.993. The predicted octanol–water partition coefficient (Wildman–Crippen LogP) is 2.25. The van der Waals surface area contributed by atoms with Gasteiger partial charge in [0.1, 0.15) is 5.75 Å². The Bertz CT molecular complexity index is 268. The molecule has 0 radical (unpaired) electrons. The molecule has 0 aromatic heterocycles. The molecule has 0 heterocycles. The SMILES string of the molecule is NSOCCCCc1ccccc1O. The molecule has 0 spiro atoms. The number of phenols is 1. The summed E-state index contributed by atoms with van der Waals surface area (Å²) in [6.07, 6.45) is 2.84. The molecule has 4 heteroatoms. The van der Waals surface area contributed by atoms with Crippen LogP contribution in [-0.2, 0) is 10.6 Å². The highest BCUT2D eigenvalue weighted by Gasteiger charge is 1.98. The number of aryl methyl sites for hydroxylation is 1. The minimum absolute atomic E-state index is 0.376. The smallest absolute Gasteiger partial charge is 0.118 e. The van der Waals surface area contributed by atoms with Crippen molar-refractivity contribution in [2.45, 2.75) is 19.3 Å². The van der Waals surface area contributed by atoms with Crippen LogP contribution in [0.5, 0.6) is 5.75 Å². The van der Waals surface area contributed by atoms with E-state index in [2.05, 4.69) is 0 Å². The van der Waals surface area contributed by atoms with Crippen molar-refractivity contribution in [3.05, 3.63) is 29.8 Å². The second-order valence-corrected chi connectivity index (χ2v) is 3.43. The minimum Gasteiger partial charge on any atom is -0.508 e. The second kappa shape index (κ2) is 6.70. The number of phenolic OH excluding ortho intramolecular Hbond substituents is 1. The number of benzene rings is 1. The van der Waals surface area contributed by atoms with Crippen molar-refractivity contribution in [1.29, 1.82) is 0 Å². The topological polar surface area (TPSA) is 55.5 Å². The molecule has 3 N–H and O–H groups in total. The van der Waals surface area contributed by atoms with Crippen LogP contribution in [0.25, 0.3) is 0 Å². The van der Waals surface area contributed by atoms with Crippen molar-refractivity contribution in [3.63, 3.8) is 0 Å².